The summed E-state index contributed by atoms with van der Waals surface area (Å²) >= 11 is 3.05. The predicted molar refractivity (Wildman–Crippen MR) is 133 cm³/mol. The number of carbonyl (C=O) groups excluding carboxylic acids is 1. The van der Waals surface area contributed by atoms with Gasteiger partial charge in [-0.15, -0.1) is 21.5 Å². The SMILES string of the molecule is COc1ccccc1CN(Cc1cccs1)C(=O)CSc1nncn1-c1ccc(C)c(C)c1. The standard InChI is InChI=1S/C25H26N4O2S2/c1-18-10-11-21(13-19(18)2)29-17-26-27-25(29)33-16-24(30)28(15-22-8-6-12-32-22)14-20-7-4-5-9-23(20)31-3/h4-13,17H,14-16H2,1-3H3. The average Bonchev–Trinajstić information content (AvgIpc) is 3.51. The second-order valence-electron chi connectivity index (χ2n) is 7.68. The van der Waals surface area contributed by atoms with E-state index in [2.05, 4.69) is 42.2 Å². The molecule has 2 aromatic heterocycles. The molecule has 0 bridgehead atoms. The minimum absolute atomic E-state index is 0.0361. The summed E-state index contributed by atoms with van der Waals surface area (Å²) in [5, 5.41) is 11.1. The van der Waals surface area contributed by atoms with Crippen molar-refractivity contribution in [1.82, 2.24) is 19.7 Å². The normalized spacial score (nSPS) is 10.9. The third-order valence-electron chi connectivity index (χ3n) is 5.44. The molecule has 0 fully saturated rings. The molecule has 0 aliphatic rings. The maximum absolute atomic E-state index is 13.3. The van der Waals surface area contributed by atoms with Gasteiger partial charge < -0.3 is 9.64 Å². The Morgan fingerprint density at radius 2 is 1.94 bits per heavy atom. The number of amides is 1. The van der Waals surface area contributed by atoms with Crippen molar-refractivity contribution in [2.24, 2.45) is 0 Å². The van der Waals surface area contributed by atoms with E-state index in [-0.39, 0.29) is 11.7 Å². The van der Waals surface area contributed by atoms with Crippen LogP contribution in [0.25, 0.3) is 5.69 Å². The lowest BCUT2D eigenvalue weighted by molar-refractivity contribution is -0.129. The highest BCUT2D eigenvalue weighted by Gasteiger charge is 2.19. The van der Waals surface area contributed by atoms with Crippen molar-refractivity contribution >= 4 is 29.0 Å². The number of methoxy groups -OCH3 is 1. The van der Waals surface area contributed by atoms with Crippen LogP contribution in [-0.4, -0.2) is 38.4 Å². The summed E-state index contributed by atoms with van der Waals surface area (Å²) < 4.78 is 7.43. The molecule has 2 heterocycles. The van der Waals surface area contributed by atoms with Crippen molar-refractivity contribution in [2.45, 2.75) is 32.1 Å². The third-order valence-corrected chi connectivity index (χ3v) is 7.23. The maximum Gasteiger partial charge on any atom is 0.233 e. The van der Waals surface area contributed by atoms with Gasteiger partial charge in [-0.2, -0.15) is 0 Å². The molecule has 0 unspecified atom stereocenters. The summed E-state index contributed by atoms with van der Waals surface area (Å²) in [4.78, 5) is 16.3. The van der Waals surface area contributed by atoms with E-state index < -0.39 is 0 Å². The molecular formula is C25H26N4O2S2. The van der Waals surface area contributed by atoms with E-state index in [9.17, 15) is 4.79 Å². The fraction of sp³-hybridized carbons (Fsp3) is 0.240. The van der Waals surface area contributed by atoms with Gasteiger partial charge >= 0.3 is 0 Å². The van der Waals surface area contributed by atoms with Crippen molar-refractivity contribution in [3.05, 3.63) is 87.9 Å². The number of thioether (sulfide) groups is 1. The van der Waals surface area contributed by atoms with Crippen LogP contribution in [0.3, 0.4) is 0 Å². The first kappa shape index (κ1) is 23.1. The van der Waals surface area contributed by atoms with Crippen LogP contribution in [0.4, 0.5) is 0 Å². The number of aromatic nitrogens is 3. The molecule has 1 amide bonds. The molecule has 0 atom stereocenters. The molecule has 0 aliphatic heterocycles. The second-order valence-corrected chi connectivity index (χ2v) is 9.66. The van der Waals surface area contributed by atoms with Crippen LogP contribution in [-0.2, 0) is 17.9 Å². The molecule has 4 aromatic rings. The van der Waals surface area contributed by atoms with Gasteiger partial charge in [0, 0.05) is 22.7 Å². The Morgan fingerprint density at radius 1 is 1.09 bits per heavy atom. The molecule has 0 aliphatic carbocycles. The molecule has 0 spiro atoms. The van der Waals surface area contributed by atoms with E-state index >= 15 is 0 Å². The average molecular weight is 479 g/mol. The number of hydrogen-bond acceptors (Lipinski definition) is 6. The van der Waals surface area contributed by atoms with Gasteiger partial charge in [0.15, 0.2) is 5.16 Å². The Labute approximate surface area is 202 Å². The summed E-state index contributed by atoms with van der Waals surface area (Å²) in [6, 6.07) is 18.1. The van der Waals surface area contributed by atoms with Gasteiger partial charge in [0.05, 0.1) is 19.4 Å². The highest BCUT2D eigenvalue weighted by atomic mass is 32.2. The summed E-state index contributed by atoms with van der Waals surface area (Å²) in [6.07, 6.45) is 1.69. The van der Waals surface area contributed by atoms with Crippen LogP contribution in [0, 0.1) is 13.8 Å². The van der Waals surface area contributed by atoms with Gasteiger partial charge in [0.1, 0.15) is 12.1 Å². The Bertz CT molecular complexity index is 1220. The zero-order valence-corrected chi connectivity index (χ0v) is 20.5. The van der Waals surface area contributed by atoms with E-state index in [1.165, 1.54) is 22.9 Å². The Morgan fingerprint density at radius 3 is 2.70 bits per heavy atom. The van der Waals surface area contributed by atoms with Crippen molar-refractivity contribution in [3.63, 3.8) is 0 Å². The van der Waals surface area contributed by atoms with E-state index in [4.69, 9.17) is 4.74 Å². The Balaban J connectivity index is 1.50. The van der Waals surface area contributed by atoms with Crippen LogP contribution in [0.5, 0.6) is 5.75 Å². The summed E-state index contributed by atoms with van der Waals surface area (Å²) in [5.74, 6) is 1.09. The molecule has 170 valence electrons. The molecule has 6 nitrogen and oxygen atoms in total. The van der Waals surface area contributed by atoms with Gasteiger partial charge in [-0.3, -0.25) is 9.36 Å². The number of carbonyl (C=O) groups is 1. The molecule has 0 radical (unpaired) electrons. The van der Waals surface area contributed by atoms with E-state index in [0.717, 1.165) is 21.9 Å². The zero-order valence-electron chi connectivity index (χ0n) is 18.9. The molecular weight excluding hydrogens is 452 g/mol. The number of hydrogen-bond donors (Lipinski definition) is 0. The monoisotopic (exact) mass is 478 g/mol. The van der Waals surface area contributed by atoms with Gasteiger partial charge in [-0.05, 0) is 54.6 Å². The topological polar surface area (TPSA) is 60.2 Å². The van der Waals surface area contributed by atoms with Gasteiger partial charge in [0.25, 0.3) is 0 Å². The highest BCUT2D eigenvalue weighted by molar-refractivity contribution is 7.99. The fourth-order valence-corrected chi connectivity index (χ4v) is 5.01. The molecule has 33 heavy (non-hydrogen) atoms. The lowest BCUT2D eigenvalue weighted by Crippen LogP contribution is -2.31. The fourth-order valence-electron chi connectivity index (χ4n) is 3.46. The number of rotatable bonds is 9. The number of aryl methyl sites for hydroxylation is 2. The van der Waals surface area contributed by atoms with Gasteiger partial charge in [0.2, 0.25) is 5.91 Å². The van der Waals surface area contributed by atoms with E-state index in [1.54, 1.807) is 24.8 Å². The molecule has 4 rings (SSSR count). The second kappa shape index (κ2) is 10.7. The number of ether oxygens (including phenoxy) is 1. The van der Waals surface area contributed by atoms with Crippen LogP contribution >= 0.6 is 23.1 Å². The number of para-hydroxylation sites is 1. The lowest BCUT2D eigenvalue weighted by atomic mass is 10.1. The third kappa shape index (κ3) is 5.64. The van der Waals surface area contributed by atoms with Crippen molar-refractivity contribution in [2.75, 3.05) is 12.9 Å². The van der Waals surface area contributed by atoms with Gasteiger partial charge in [-0.25, -0.2) is 0 Å². The molecule has 8 heteroatoms. The van der Waals surface area contributed by atoms with E-state index in [0.29, 0.717) is 18.2 Å². The van der Waals surface area contributed by atoms with Crippen LogP contribution in [0.2, 0.25) is 0 Å². The van der Waals surface area contributed by atoms with Crippen LogP contribution < -0.4 is 4.74 Å². The van der Waals surface area contributed by atoms with Crippen LogP contribution in [0.15, 0.2) is 71.5 Å². The van der Waals surface area contributed by atoms with Crippen molar-refractivity contribution in [1.29, 1.82) is 0 Å². The number of thiophene rings is 1. The first-order chi connectivity index (χ1) is 16.0. The quantitative estimate of drug-likeness (QED) is 0.307. The Hall–Kier alpha value is -3.10. The molecule has 0 N–H and O–H groups in total. The zero-order chi connectivity index (χ0) is 23.2. The smallest absolute Gasteiger partial charge is 0.233 e. The first-order valence-corrected chi connectivity index (χ1v) is 12.4. The summed E-state index contributed by atoms with van der Waals surface area (Å²) in [7, 11) is 1.65. The minimum atomic E-state index is 0.0361. The highest BCUT2D eigenvalue weighted by Crippen LogP contribution is 2.25. The van der Waals surface area contributed by atoms with E-state index in [1.807, 2.05) is 51.2 Å². The first-order valence-electron chi connectivity index (χ1n) is 10.6. The summed E-state index contributed by atoms with van der Waals surface area (Å²) in [6.45, 7) is 5.20. The predicted octanol–water partition coefficient (Wildman–Crippen LogP) is 5.28. The largest absolute Gasteiger partial charge is 0.496 e. The minimum Gasteiger partial charge on any atom is -0.496 e. The van der Waals surface area contributed by atoms with Crippen molar-refractivity contribution in [3.8, 4) is 11.4 Å². The number of nitrogens with zero attached hydrogens (tertiary/aromatic N) is 4. The maximum atomic E-state index is 13.3. The molecule has 0 saturated carbocycles. The van der Waals surface area contributed by atoms with Gasteiger partial charge in [-0.1, -0.05) is 42.1 Å². The lowest BCUT2D eigenvalue weighted by Gasteiger charge is -2.23. The summed E-state index contributed by atoms with van der Waals surface area (Å²) in [5.41, 5.74) is 4.40. The Kier molecular flexibility index (Phi) is 7.47. The molecule has 0 saturated heterocycles. The molecule has 2 aromatic carbocycles. The number of benzene rings is 2. The van der Waals surface area contributed by atoms with Crippen LogP contribution in [0.1, 0.15) is 21.6 Å². The van der Waals surface area contributed by atoms with Crippen molar-refractivity contribution < 1.29 is 9.53 Å².